The number of hydrogen-bond donors (Lipinski definition) is 0. The van der Waals surface area contributed by atoms with Crippen LogP contribution < -0.4 is 0 Å². The lowest BCUT2D eigenvalue weighted by molar-refractivity contribution is -0.185. The smallest absolute Gasteiger partial charge is 0.171 e. The molecule has 1 spiro atoms. The number of allylic oxidation sites excluding steroid dienone is 1. The van der Waals surface area contributed by atoms with Crippen molar-refractivity contribution in [2.75, 3.05) is 13.2 Å². The molecule has 0 aromatic carbocycles. The van der Waals surface area contributed by atoms with Gasteiger partial charge >= 0.3 is 0 Å². The van der Waals surface area contributed by atoms with Crippen molar-refractivity contribution in [3.05, 3.63) is 11.6 Å². The minimum absolute atomic E-state index is 0.0472. The predicted molar refractivity (Wildman–Crippen MR) is 105 cm³/mol. The second kappa shape index (κ2) is 5.50. The van der Waals surface area contributed by atoms with Crippen LogP contribution in [0.25, 0.3) is 0 Å². The number of ether oxygens (including phenoxy) is 3. The topological polar surface area (TPSA) is 48.1 Å². The Bertz CT molecular complexity index is 752. The highest BCUT2D eigenvalue weighted by atomic mass is 16.7. The zero-order chi connectivity index (χ0) is 19.4. The SMILES string of the molecule is CC[C@@H]1CC2C3CC[C@]45CC6(CCC4(O5)C3=CC[C@]2(C)C1C(C)=O)OCCO6. The highest BCUT2D eigenvalue weighted by Gasteiger charge is 2.79. The van der Waals surface area contributed by atoms with E-state index in [0.717, 1.165) is 51.7 Å². The molecule has 154 valence electrons. The first-order valence-electron chi connectivity index (χ1n) is 11.6. The molecule has 4 aliphatic carbocycles. The largest absolute Gasteiger partial charge is 0.358 e. The van der Waals surface area contributed by atoms with Gasteiger partial charge in [0.1, 0.15) is 17.0 Å². The van der Waals surface area contributed by atoms with Gasteiger partial charge < -0.3 is 14.2 Å². The van der Waals surface area contributed by atoms with E-state index in [1.807, 2.05) is 6.92 Å². The van der Waals surface area contributed by atoms with Crippen LogP contribution in [0.4, 0.5) is 0 Å². The molecule has 5 fully saturated rings. The molecule has 4 heteroatoms. The molecule has 2 saturated heterocycles. The Morgan fingerprint density at radius 1 is 1.21 bits per heavy atom. The quantitative estimate of drug-likeness (QED) is 0.521. The van der Waals surface area contributed by atoms with Gasteiger partial charge in [0.2, 0.25) is 0 Å². The summed E-state index contributed by atoms with van der Waals surface area (Å²) in [5.41, 5.74) is 1.63. The lowest BCUT2D eigenvalue weighted by Gasteiger charge is -2.50. The first-order chi connectivity index (χ1) is 13.4. The Morgan fingerprint density at radius 2 is 2.00 bits per heavy atom. The Hall–Kier alpha value is -0.710. The maximum absolute atomic E-state index is 12.6. The average Bonchev–Trinajstić information content (AvgIpc) is 2.95. The molecule has 0 N–H and O–H groups in total. The fourth-order valence-electron chi connectivity index (χ4n) is 8.72. The summed E-state index contributed by atoms with van der Waals surface area (Å²) in [4.78, 5) is 12.6. The summed E-state index contributed by atoms with van der Waals surface area (Å²) < 4.78 is 18.8. The lowest BCUT2D eigenvalue weighted by Crippen LogP contribution is -2.52. The molecule has 2 aliphatic heterocycles. The molecule has 6 aliphatic rings. The summed E-state index contributed by atoms with van der Waals surface area (Å²) in [7, 11) is 0. The van der Waals surface area contributed by atoms with Crippen LogP contribution in [0.15, 0.2) is 11.6 Å². The molecule has 4 unspecified atom stereocenters. The number of Topliss-reactive ketones (excluding diaryl/α,β-unsaturated/α-hetero) is 1. The molecule has 4 nitrogen and oxygen atoms in total. The number of ketones is 1. The van der Waals surface area contributed by atoms with E-state index in [-0.39, 0.29) is 28.3 Å². The van der Waals surface area contributed by atoms with Crippen molar-refractivity contribution < 1.29 is 19.0 Å². The van der Waals surface area contributed by atoms with E-state index in [9.17, 15) is 4.79 Å². The fourth-order valence-corrected chi connectivity index (χ4v) is 8.72. The summed E-state index contributed by atoms with van der Waals surface area (Å²) >= 11 is 0. The van der Waals surface area contributed by atoms with Crippen LogP contribution in [0.5, 0.6) is 0 Å². The minimum atomic E-state index is -0.378. The zero-order valence-corrected chi connectivity index (χ0v) is 17.6. The Labute approximate surface area is 168 Å². The van der Waals surface area contributed by atoms with Gasteiger partial charge in [0, 0.05) is 18.8 Å². The second-order valence-electron chi connectivity index (χ2n) is 10.8. The molecule has 6 rings (SSSR count). The number of rotatable bonds is 2. The molecule has 0 aromatic heterocycles. The highest BCUT2D eigenvalue weighted by Crippen LogP contribution is 2.74. The predicted octanol–water partition coefficient (Wildman–Crippen LogP) is 4.42. The minimum Gasteiger partial charge on any atom is -0.358 e. The monoisotopic (exact) mass is 386 g/mol. The van der Waals surface area contributed by atoms with E-state index in [2.05, 4.69) is 19.9 Å². The molecule has 0 amide bonds. The van der Waals surface area contributed by atoms with Crippen molar-refractivity contribution >= 4 is 5.78 Å². The first-order valence-corrected chi connectivity index (χ1v) is 11.6. The van der Waals surface area contributed by atoms with Crippen LogP contribution in [0.3, 0.4) is 0 Å². The summed E-state index contributed by atoms with van der Waals surface area (Å²) in [6.45, 7) is 7.96. The number of epoxide rings is 1. The molecular formula is C24H34O4. The normalized spacial score (nSPS) is 53.0. The van der Waals surface area contributed by atoms with Gasteiger partial charge in [-0.2, -0.15) is 0 Å². The van der Waals surface area contributed by atoms with Crippen molar-refractivity contribution in [3.8, 4) is 0 Å². The summed E-state index contributed by atoms with van der Waals surface area (Å²) in [5.74, 6) is 2.07. The van der Waals surface area contributed by atoms with Gasteiger partial charge in [-0.05, 0) is 67.8 Å². The maximum atomic E-state index is 12.6. The van der Waals surface area contributed by atoms with Gasteiger partial charge in [-0.25, -0.2) is 0 Å². The van der Waals surface area contributed by atoms with Crippen molar-refractivity contribution in [1.82, 2.24) is 0 Å². The lowest BCUT2D eigenvalue weighted by atomic mass is 9.53. The molecule has 3 saturated carbocycles. The van der Waals surface area contributed by atoms with Crippen LogP contribution in [-0.4, -0.2) is 36.0 Å². The van der Waals surface area contributed by atoms with Gasteiger partial charge in [-0.1, -0.05) is 26.3 Å². The molecule has 2 heterocycles. The van der Waals surface area contributed by atoms with Gasteiger partial charge in [-0.3, -0.25) is 4.79 Å². The number of fused-ring (bicyclic) bond motifs is 3. The third kappa shape index (κ3) is 2.00. The van der Waals surface area contributed by atoms with E-state index < -0.39 is 0 Å². The Balaban J connectivity index is 1.34. The second-order valence-corrected chi connectivity index (χ2v) is 10.8. The average molecular weight is 387 g/mol. The van der Waals surface area contributed by atoms with Crippen molar-refractivity contribution in [2.24, 2.45) is 29.1 Å². The Kier molecular flexibility index (Phi) is 3.55. The van der Waals surface area contributed by atoms with Crippen LogP contribution in [0, 0.1) is 29.1 Å². The van der Waals surface area contributed by atoms with Crippen LogP contribution in [0.2, 0.25) is 0 Å². The van der Waals surface area contributed by atoms with Crippen LogP contribution >= 0.6 is 0 Å². The highest BCUT2D eigenvalue weighted by molar-refractivity contribution is 5.80. The van der Waals surface area contributed by atoms with E-state index in [0.29, 0.717) is 23.5 Å². The number of carbonyl (C=O) groups excluding carboxylic acids is 1. The summed E-state index contributed by atoms with van der Waals surface area (Å²) in [6.07, 6.45) is 11.1. The molecule has 7 atom stereocenters. The van der Waals surface area contributed by atoms with Crippen LogP contribution in [-0.2, 0) is 19.0 Å². The van der Waals surface area contributed by atoms with Gasteiger partial charge in [-0.15, -0.1) is 0 Å². The van der Waals surface area contributed by atoms with Gasteiger partial charge in [0.05, 0.1) is 13.2 Å². The zero-order valence-electron chi connectivity index (χ0n) is 17.6. The number of hydrogen-bond acceptors (Lipinski definition) is 4. The summed E-state index contributed by atoms with van der Waals surface area (Å²) in [5, 5.41) is 0. The van der Waals surface area contributed by atoms with E-state index in [1.54, 1.807) is 5.57 Å². The summed E-state index contributed by atoms with van der Waals surface area (Å²) in [6, 6.07) is 0. The van der Waals surface area contributed by atoms with E-state index in [4.69, 9.17) is 14.2 Å². The fraction of sp³-hybridized carbons (Fsp3) is 0.875. The molecular weight excluding hydrogens is 352 g/mol. The Morgan fingerprint density at radius 3 is 2.71 bits per heavy atom. The standard InChI is InChI=1S/C24H34O4/c1-4-16-13-19-17-5-8-22-14-23(26-11-12-27-23)9-10-24(22,28-22)18(17)6-7-21(19,3)20(16)15(2)25/h6,16-17,19-20H,4-5,7-14H2,1-3H3/t16-,17?,19?,20?,21+,22+,24?/m1/s1. The van der Waals surface area contributed by atoms with Crippen molar-refractivity contribution in [3.63, 3.8) is 0 Å². The number of carbonyl (C=O) groups is 1. The van der Waals surface area contributed by atoms with Crippen molar-refractivity contribution in [2.45, 2.75) is 89.1 Å². The maximum Gasteiger partial charge on any atom is 0.171 e. The molecule has 0 radical (unpaired) electrons. The van der Waals surface area contributed by atoms with Gasteiger partial charge in [0.25, 0.3) is 0 Å². The molecule has 28 heavy (non-hydrogen) atoms. The third-order valence-electron chi connectivity index (χ3n) is 9.81. The van der Waals surface area contributed by atoms with Crippen LogP contribution in [0.1, 0.15) is 72.1 Å². The third-order valence-corrected chi connectivity index (χ3v) is 9.81. The van der Waals surface area contributed by atoms with Crippen molar-refractivity contribution in [1.29, 1.82) is 0 Å². The first kappa shape index (κ1) is 18.1. The molecule has 0 bridgehead atoms. The molecule has 0 aromatic rings. The van der Waals surface area contributed by atoms with E-state index >= 15 is 0 Å². The van der Waals surface area contributed by atoms with Gasteiger partial charge in [0.15, 0.2) is 5.79 Å². The van der Waals surface area contributed by atoms with E-state index in [1.165, 1.54) is 12.8 Å².